The first-order chi connectivity index (χ1) is 20.6. The van der Waals surface area contributed by atoms with Crippen LogP contribution in [0.1, 0.15) is 64.0 Å². The van der Waals surface area contributed by atoms with Crippen molar-refractivity contribution >= 4 is 11.9 Å². The predicted molar refractivity (Wildman–Crippen MR) is 160 cm³/mol. The average Bonchev–Trinajstić information content (AvgIpc) is 3.58. The lowest BCUT2D eigenvalue weighted by Crippen LogP contribution is -2.50. The molecule has 236 valence electrons. The minimum atomic E-state index is -1.16. The van der Waals surface area contributed by atoms with Crippen LogP contribution in [0.3, 0.4) is 0 Å². The Labute approximate surface area is 253 Å². The predicted octanol–water partition coefficient (Wildman–Crippen LogP) is 4.83. The Morgan fingerprint density at radius 3 is 2.51 bits per heavy atom. The van der Waals surface area contributed by atoms with Crippen LogP contribution in [-0.2, 0) is 31.9 Å². The number of carbonyl (C=O) groups is 2. The molecule has 43 heavy (non-hydrogen) atoms. The molecule has 0 spiro atoms. The van der Waals surface area contributed by atoms with Gasteiger partial charge in [0.15, 0.2) is 0 Å². The molecule has 2 aromatic rings. The van der Waals surface area contributed by atoms with Gasteiger partial charge >= 0.3 is 5.97 Å². The molecule has 1 amide bonds. The van der Waals surface area contributed by atoms with E-state index in [1.807, 2.05) is 37.3 Å². The van der Waals surface area contributed by atoms with E-state index in [0.29, 0.717) is 51.3 Å². The van der Waals surface area contributed by atoms with E-state index in [1.54, 1.807) is 4.90 Å². The van der Waals surface area contributed by atoms with E-state index in [9.17, 15) is 23.5 Å². The highest BCUT2D eigenvalue weighted by Crippen LogP contribution is 2.29. The molecule has 4 rings (SSSR count). The molecule has 2 aromatic carbocycles. The summed E-state index contributed by atoms with van der Waals surface area (Å²) in [6.45, 7) is 7.76. The molecule has 6 atom stereocenters. The van der Waals surface area contributed by atoms with Crippen LogP contribution in [0.2, 0.25) is 0 Å². The second kappa shape index (κ2) is 15.7. The Hall–Kier alpha value is -2.88. The number of hydrogen-bond donors (Lipinski definition) is 2. The number of hydrogen-bond acceptors (Lipinski definition) is 6. The molecule has 0 unspecified atom stereocenters. The van der Waals surface area contributed by atoms with Crippen LogP contribution in [0.25, 0.3) is 0 Å². The third kappa shape index (κ3) is 9.30. The van der Waals surface area contributed by atoms with Crippen molar-refractivity contribution in [1.29, 1.82) is 0 Å². The number of nitrogens with one attached hydrogen (secondary N) is 1. The molecule has 0 bridgehead atoms. The van der Waals surface area contributed by atoms with E-state index in [-0.39, 0.29) is 29.9 Å². The molecule has 7 nitrogen and oxygen atoms in total. The lowest BCUT2D eigenvalue weighted by Gasteiger charge is -2.32. The van der Waals surface area contributed by atoms with Crippen molar-refractivity contribution in [3.63, 3.8) is 0 Å². The number of benzene rings is 2. The molecular formula is C34H46F2N2O5. The van der Waals surface area contributed by atoms with Gasteiger partial charge in [-0.1, -0.05) is 51.1 Å². The second-order valence-corrected chi connectivity index (χ2v) is 12.4. The molecule has 0 radical (unpaired) electrons. The molecule has 9 heteroatoms. The number of esters is 1. The average molecular weight is 601 g/mol. The van der Waals surface area contributed by atoms with E-state index >= 15 is 0 Å². The van der Waals surface area contributed by atoms with Crippen LogP contribution in [-0.4, -0.2) is 72.0 Å². The SMILES string of the molecule is CCCO[C@H]1CN[C@@H]([C@@H](O)[C@H](Cc2cc(F)cc(F)c2)OC(=O)[C@H](CCc2ccccc2)N2CC[C@H](CC(C)C)C2=O)C1. The number of amides is 1. The number of likely N-dealkylation sites (tertiary alicyclic amines) is 1. The number of aryl methyl sites for hydroxylation is 1. The zero-order valence-corrected chi connectivity index (χ0v) is 25.5. The fraction of sp³-hybridized carbons (Fsp3) is 0.588. The molecule has 2 saturated heterocycles. The summed E-state index contributed by atoms with van der Waals surface area (Å²) >= 11 is 0. The maximum Gasteiger partial charge on any atom is 0.329 e. The Balaban J connectivity index is 1.56. The van der Waals surface area contributed by atoms with Crippen LogP contribution in [0.5, 0.6) is 0 Å². The summed E-state index contributed by atoms with van der Waals surface area (Å²) in [5, 5.41) is 14.7. The molecule has 0 saturated carbocycles. The fourth-order valence-electron chi connectivity index (χ4n) is 6.29. The molecule has 2 aliphatic rings. The van der Waals surface area contributed by atoms with Gasteiger partial charge in [0.2, 0.25) is 5.91 Å². The molecule has 0 aliphatic carbocycles. The summed E-state index contributed by atoms with van der Waals surface area (Å²) in [7, 11) is 0. The smallest absolute Gasteiger partial charge is 0.329 e. The van der Waals surface area contributed by atoms with Gasteiger partial charge in [-0.2, -0.15) is 0 Å². The van der Waals surface area contributed by atoms with Gasteiger partial charge in [-0.05, 0) is 67.7 Å². The summed E-state index contributed by atoms with van der Waals surface area (Å²) < 4.78 is 40.1. The van der Waals surface area contributed by atoms with E-state index in [4.69, 9.17) is 9.47 Å². The number of nitrogens with zero attached hydrogens (tertiary/aromatic N) is 1. The first-order valence-electron chi connectivity index (χ1n) is 15.7. The summed E-state index contributed by atoms with van der Waals surface area (Å²) in [6.07, 6.45) is 1.26. The fourth-order valence-corrected chi connectivity index (χ4v) is 6.29. The van der Waals surface area contributed by atoms with Crippen molar-refractivity contribution in [1.82, 2.24) is 10.2 Å². The Bertz CT molecular complexity index is 1180. The lowest BCUT2D eigenvalue weighted by atomic mass is 9.96. The first kappa shape index (κ1) is 33.0. The summed E-state index contributed by atoms with van der Waals surface area (Å²) in [5.74, 6) is -1.97. The number of ether oxygens (including phenoxy) is 2. The number of halogens is 2. The van der Waals surface area contributed by atoms with Gasteiger partial charge in [0.05, 0.1) is 6.10 Å². The van der Waals surface area contributed by atoms with Crippen molar-refractivity contribution < 1.29 is 33.0 Å². The molecule has 2 aliphatic heterocycles. The lowest BCUT2D eigenvalue weighted by molar-refractivity contribution is -0.165. The third-order valence-electron chi connectivity index (χ3n) is 8.41. The monoisotopic (exact) mass is 600 g/mol. The van der Waals surface area contributed by atoms with Gasteiger partial charge < -0.3 is 24.8 Å². The first-order valence-corrected chi connectivity index (χ1v) is 15.7. The van der Waals surface area contributed by atoms with Crippen LogP contribution in [0, 0.1) is 23.5 Å². The zero-order chi connectivity index (χ0) is 30.9. The minimum Gasteiger partial charge on any atom is -0.458 e. The molecule has 2 fully saturated rings. The Morgan fingerprint density at radius 2 is 1.84 bits per heavy atom. The molecular weight excluding hydrogens is 554 g/mol. The largest absolute Gasteiger partial charge is 0.458 e. The Morgan fingerprint density at radius 1 is 1.12 bits per heavy atom. The second-order valence-electron chi connectivity index (χ2n) is 12.4. The highest BCUT2D eigenvalue weighted by atomic mass is 19.1. The van der Waals surface area contributed by atoms with Crippen LogP contribution in [0.15, 0.2) is 48.5 Å². The summed E-state index contributed by atoms with van der Waals surface area (Å²) in [5.41, 5.74) is 1.30. The minimum absolute atomic E-state index is 0.0543. The van der Waals surface area contributed by atoms with Crippen molar-refractivity contribution in [2.45, 2.75) is 96.1 Å². The molecule has 2 heterocycles. The molecule has 0 aromatic heterocycles. The number of aliphatic hydroxyl groups excluding tert-OH is 1. The maximum atomic E-state index is 14.1. The van der Waals surface area contributed by atoms with Gasteiger partial charge in [0, 0.05) is 44.1 Å². The molecule has 2 N–H and O–H groups in total. The van der Waals surface area contributed by atoms with Crippen molar-refractivity contribution in [2.24, 2.45) is 11.8 Å². The summed E-state index contributed by atoms with van der Waals surface area (Å²) in [4.78, 5) is 29.1. The van der Waals surface area contributed by atoms with Gasteiger partial charge in [-0.25, -0.2) is 13.6 Å². The highest BCUT2D eigenvalue weighted by Gasteiger charge is 2.42. The number of aliphatic hydroxyl groups is 1. The van der Waals surface area contributed by atoms with E-state index in [0.717, 1.165) is 24.5 Å². The Kier molecular flexibility index (Phi) is 12.1. The van der Waals surface area contributed by atoms with Gasteiger partial charge in [0.25, 0.3) is 0 Å². The quantitative estimate of drug-likeness (QED) is 0.285. The van der Waals surface area contributed by atoms with Crippen molar-refractivity contribution in [3.05, 3.63) is 71.3 Å². The number of carbonyl (C=O) groups excluding carboxylic acids is 2. The normalized spacial score (nSPS) is 22.6. The maximum absolute atomic E-state index is 14.1. The van der Waals surface area contributed by atoms with Gasteiger partial charge in [-0.15, -0.1) is 0 Å². The summed E-state index contributed by atoms with van der Waals surface area (Å²) in [6, 6.07) is 11.6. The van der Waals surface area contributed by atoms with E-state index in [1.165, 1.54) is 12.1 Å². The van der Waals surface area contributed by atoms with E-state index in [2.05, 4.69) is 19.2 Å². The van der Waals surface area contributed by atoms with Crippen LogP contribution in [0.4, 0.5) is 8.78 Å². The third-order valence-corrected chi connectivity index (χ3v) is 8.41. The zero-order valence-electron chi connectivity index (χ0n) is 25.5. The highest BCUT2D eigenvalue weighted by molar-refractivity contribution is 5.87. The standard InChI is InChI=1S/C34H46F2N2O5/c1-4-14-42-28-20-29(37-21-28)32(39)31(18-24-16-26(35)19-27(36)17-24)43-34(41)30(11-10-23-8-6-5-7-9-23)38-13-12-25(33(38)40)15-22(2)3/h5-9,16-17,19,22,25,28-32,37,39H,4,10-15,18,20-21H2,1-3H3/t25-,28-,29-,30+,31+,32-/m1/s1. The van der Waals surface area contributed by atoms with Crippen molar-refractivity contribution in [2.75, 3.05) is 19.7 Å². The van der Waals surface area contributed by atoms with Crippen LogP contribution >= 0.6 is 0 Å². The van der Waals surface area contributed by atoms with Gasteiger partial charge in [0.1, 0.15) is 29.9 Å². The number of rotatable bonds is 15. The van der Waals surface area contributed by atoms with Gasteiger partial charge in [-0.3, -0.25) is 4.79 Å². The van der Waals surface area contributed by atoms with E-state index < -0.39 is 41.9 Å². The topological polar surface area (TPSA) is 88.1 Å². The van der Waals surface area contributed by atoms with Crippen LogP contribution < -0.4 is 5.32 Å². The van der Waals surface area contributed by atoms with Crippen molar-refractivity contribution in [3.8, 4) is 0 Å².